The number of aromatic nitrogens is 3. The van der Waals surface area contributed by atoms with E-state index in [1.165, 1.54) is 6.26 Å². The number of piperidine rings is 1. The molecular formula is C29H32ClN5O3S. The number of hydrogen-bond acceptors (Lipinski definition) is 5. The van der Waals surface area contributed by atoms with Crippen LogP contribution in [0.4, 0.5) is 0 Å². The maximum absolute atomic E-state index is 14.3. The average Bonchev–Trinajstić information content (AvgIpc) is 3.58. The van der Waals surface area contributed by atoms with Gasteiger partial charge in [0.1, 0.15) is 0 Å². The summed E-state index contributed by atoms with van der Waals surface area (Å²) in [7, 11) is -3.23. The van der Waals surface area contributed by atoms with Crippen LogP contribution in [0.3, 0.4) is 0 Å². The lowest BCUT2D eigenvalue weighted by Crippen LogP contribution is -2.39. The SMILES string of the molecule is CS(=O)(=O)N1CCC(C2c3ccc(Cl)cc3C=C(C(=O)N3CCC[C@H]3Cn3ccnc3)c3cccnc32)CC1. The zero-order valence-corrected chi connectivity index (χ0v) is 23.5. The minimum atomic E-state index is -3.23. The Kier molecular flexibility index (Phi) is 7.07. The Labute approximate surface area is 234 Å². The first-order valence-electron chi connectivity index (χ1n) is 13.5. The van der Waals surface area contributed by atoms with Crippen molar-refractivity contribution in [1.82, 2.24) is 23.7 Å². The van der Waals surface area contributed by atoms with E-state index < -0.39 is 10.0 Å². The highest BCUT2D eigenvalue weighted by Gasteiger charge is 2.38. The maximum atomic E-state index is 14.3. The van der Waals surface area contributed by atoms with E-state index in [9.17, 15) is 13.2 Å². The summed E-state index contributed by atoms with van der Waals surface area (Å²) < 4.78 is 27.9. The van der Waals surface area contributed by atoms with E-state index in [1.807, 2.05) is 52.1 Å². The Morgan fingerprint density at radius 2 is 1.92 bits per heavy atom. The summed E-state index contributed by atoms with van der Waals surface area (Å²) in [4.78, 5) is 25.3. The smallest absolute Gasteiger partial charge is 0.254 e. The number of fused-ring (bicyclic) bond motifs is 2. The number of carbonyl (C=O) groups is 1. The van der Waals surface area contributed by atoms with Crippen LogP contribution in [0.2, 0.25) is 5.02 Å². The number of imidazole rings is 1. The maximum Gasteiger partial charge on any atom is 0.254 e. The lowest BCUT2D eigenvalue weighted by atomic mass is 9.76. The number of halogens is 1. The van der Waals surface area contributed by atoms with Crippen molar-refractivity contribution in [2.75, 3.05) is 25.9 Å². The summed E-state index contributed by atoms with van der Waals surface area (Å²) in [6.07, 6.45) is 13.9. The van der Waals surface area contributed by atoms with Crippen molar-refractivity contribution in [2.45, 2.75) is 44.2 Å². The van der Waals surface area contributed by atoms with Crippen LogP contribution in [0.25, 0.3) is 11.6 Å². The molecule has 2 saturated heterocycles. The quantitative estimate of drug-likeness (QED) is 0.461. The zero-order chi connectivity index (χ0) is 27.1. The lowest BCUT2D eigenvalue weighted by molar-refractivity contribution is -0.125. The molecule has 2 aromatic heterocycles. The first-order chi connectivity index (χ1) is 18.8. The minimum absolute atomic E-state index is 0.00494. The van der Waals surface area contributed by atoms with Gasteiger partial charge in [-0.1, -0.05) is 23.7 Å². The van der Waals surface area contributed by atoms with Gasteiger partial charge in [-0.3, -0.25) is 9.78 Å². The fourth-order valence-electron chi connectivity index (χ4n) is 6.51. The highest BCUT2D eigenvalue weighted by atomic mass is 35.5. The molecule has 204 valence electrons. The van der Waals surface area contributed by atoms with Gasteiger partial charge in [-0.05, 0) is 67.0 Å². The van der Waals surface area contributed by atoms with Crippen LogP contribution in [0, 0.1) is 5.92 Å². The number of carbonyl (C=O) groups excluding carboxylic acids is 1. The highest BCUT2D eigenvalue weighted by molar-refractivity contribution is 7.88. The standard InChI is InChI=1S/C29H32ClN5O3S/c1-39(37,38)34-13-8-20(9-14-34)27-24-7-6-22(30)16-21(24)17-26(25-5-2-10-32-28(25)27)29(36)35-12-3-4-23(35)18-33-15-11-31-19-33/h2,5-7,10-11,15-17,19-20,23,27H,3-4,8-9,12-14,18H2,1H3/t23-,27?/m0/s1. The summed E-state index contributed by atoms with van der Waals surface area (Å²) >= 11 is 6.48. The van der Waals surface area contributed by atoms with Gasteiger partial charge in [0, 0.05) is 72.9 Å². The predicted octanol–water partition coefficient (Wildman–Crippen LogP) is 4.28. The van der Waals surface area contributed by atoms with Gasteiger partial charge in [0.2, 0.25) is 10.0 Å². The van der Waals surface area contributed by atoms with Gasteiger partial charge in [0.15, 0.2) is 0 Å². The fraction of sp³-hybridized carbons (Fsp3) is 0.414. The number of sulfonamides is 1. The monoisotopic (exact) mass is 565 g/mol. The van der Waals surface area contributed by atoms with Crippen LogP contribution >= 0.6 is 11.6 Å². The van der Waals surface area contributed by atoms with Crippen molar-refractivity contribution in [2.24, 2.45) is 5.92 Å². The highest BCUT2D eigenvalue weighted by Crippen LogP contribution is 2.45. The Hall–Kier alpha value is -3.01. The number of benzene rings is 1. The van der Waals surface area contributed by atoms with E-state index in [0.717, 1.165) is 48.1 Å². The molecule has 2 fully saturated rings. The van der Waals surface area contributed by atoms with Crippen molar-refractivity contribution < 1.29 is 13.2 Å². The topological polar surface area (TPSA) is 88.4 Å². The second kappa shape index (κ2) is 10.5. The van der Waals surface area contributed by atoms with E-state index in [0.29, 0.717) is 36.8 Å². The molecule has 4 heterocycles. The third-order valence-electron chi connectivity index (χ3n) is 8.40. The molecule has 0 radical (unpaired) electrons. The third-order valence-corrected chi connectivity index (χ3v) is 9.93. The largest absolute Gasteiger partial charge is 0.335 e. The van der Waals surface area contributed by atoms with E-state index >= 15 is 0 Å². The van der Waals surface area contributed by atoms with Crippen LogP contribution in [0.1, 0.15) is 54.0 Å². The fourth-order valence-corrected chi connectivity index (χ4v) is 7.56. The molecule has 0 N–H and O–H groups in total. The van der Waals surface area contributed by atoms with Crippen molar-refractivity contribution in [1.29, 1.82) is 0 Å². The van der Waals surface area contributed by atoms with Gasteiger partial charge in [-0.25, -0.2) is 17.7 Å². The number of nitrogens with zero attached hydrogens (tertiary/aromatic N) is 5. The van der Waals surface area contributed by atoms with Crippen LogP contribution in [0.5, 0.6) is 0 Å². The molecule has 39 heavy (non-hydrogen) atoms. The van der Waals surface area contributed by atoms with Gasteiger partial charge < -0.3 is 9.47 Å². The van der Waals surface area contributed by atoms with Crippen molar-refractivity contribution in [3.63, 3.8) is 0 Å². The summed E-state index contributed by atoms with van der Waals surface area (Å²) in [6.45, 7) is 2.38. The molecule has 3 aromatic rings. The van der Waals surface area contributed by atoms with Gasteiger partial charge in [0.25, 0.3) is 5.91 Å². The molecular weight excluding hydrogens is 534 g/mol. The van der Waals surface area contributed by atoms with Gasteiger partial charge >= 0.3 is 0 Å². The molecule has 1 aromatic carbocycles. The van der Waals surface area contributed by atoms with E-state index in [2.05, 4.69) is 4.98 Å². The Balaban J connectivity index is 1.40. The summed E-state index contributed by atoms with van der Waals surface area (Å²) in [6, 6.07) is 9.85. The first-order valence-corrected chi connectivity index (χ1v) is 15.7. The number of hydrogen-bond donors (Lipinski definition) is 0. The molecule has 0 saturated carbocycles. The van der Waals surface area contributed by atoms with E-state index in [-0.39, 0.29) is 23.8 Å². The molecule has 6 rings (SSSR count). The molecule has 2 aliphatic heterocycles. The molecule has 1 unspecified atom stereocenters. The van der Waals surface area contributed by atoms with Crippen LogP contribution in [0.15, 0.2) is 55.2 Å². The molecule has 0 bridgehead atoms. The Bertz CT molecular complexity index is 1510. The molecule has 1 aliphatic carbocycles. The molecule has 2 atom stereocenters. The van der Waals surface area contributed by atoms with E-state index in [1.54, 1.807) is 23.0 Å². The first kappa shape index (κ1) is 26.2. The summed E-state index contributed by atoms with van der Waals surface area (Å²) in [5.41, 5.74) is 4.36. The molecule has 0 spiro atoms. The Morgan fingerprint density at radius 3 is 2.67 bits per heavy atom. The van der Waals surface area contributed by atoms with Gasteiger partial charge in [0.05, 0.1) is 18.3 Å². The van der Waals surface area contributed by atoms with Crippen molar-refractivity contribution in [3.8, 4) is 0 Å². The molecule has 3 aliphatic rings. The molecule has 8 nitrogen and oxygen atoms in total. The summed E-state index contributed by atoms with van der Waals surface area (Å²) in [5, 5.41) is 0.612. The minimum Gasteiger partial charge on any atom is -0.335 e. The van der Waals surface area contributed by atoms with Crippen molar-refractivity contribution in [3.05, 3.63) is 82.7 Å². The average molecular weight is 566 g/mol. The van der Waals surface area contributed by atoms with Crippen LogP contribution in [-0.2, 0) is 21.4 Å². The van der Waals surface area contributed by atoms with Crippen LogP contribution in [-0.4, -0.2) is 70.0 Å². The normalized spacial score (nSPS) is 22.2. The second-order valence-corrected chi connectivity index (χ2v) is 13.2. The predicted molar refractivity (Wildman–Crippen MR) is 152 cm³/mol. The van der Waals surface area contributed by atoms with Gasteiger partial charge in [-0.15, -0.1) is 0 Å². The number of likely N-dealkylation sites (tertiary alicyclic amines) is 1. The zero-order valence-electron chi connectivity index (χ0n) is 21.9. The number of rotatable bonds is 5. The van der Waals surface area contributed by atoms with E-state index in [4.69, 9.17) is 16.6 Å². The summed E-state index contributed by atoms with van der Waals surface area (Å²) in [5.74, 6) is 0.114. The second-order valence-electron chi connectivity index (χ2n) is 10.8. The van der Waals surface area contributed by atoms with Gasteiger partial charge in [-0.2, -0.15) is 0 Å². The number of amides is 1. The van der Waals surface area contributed by atoms with Crippen LogP contribution < -0.4 is 0 Å². The molecule has 1 amide bonds. The molecule has 10 heteroatoms. The third kappa shape index (κ3) is 5.15. The lowest BCUT2D eigenvalue weighted by Gasteiger charge is -2.35. The number of pyridine rings is 1. The van der Waals surface area contributed by atoms with Crippen molar-refractivity contribution >= 4 is 39.2 Å². The Morgan fingerprint density at radius 1 is 1.10 bits per heavy atom.